The lowest BCUT2D eigenvalue weighted by Gasteiger charge is -2.22. The molecule has 18 heavy (non-hydrogen) atoms. The minimum atomic E-state index is -1.14. The van der Waals surface area contributed by atoms with Gasteiger partial charge in [0, 0.05) is 18.6 Å². The van der Waals surface area contributed by atoms with Gasteiger partial charge < -0.3 is 15.5 Å². The predicted molar refractivity (Wildman–Crippen MR) is 66.6 cm³/mol. The molecule has 3 N–H and O–H groups in total. The molecule has 0 heterocycles. The lowest BCUT2D eigenvalue weighted by atomic mass is 9.95. The first-order valence-electron chi connectivity index (χ1n) is 5.59. The van der Waals surface area contributed by atoms with E-state index in [1.165, 1.54) is 12.1 Å². The molecular weight excluding hydrogens is 234 g/mol. The maximum atomic E-state index is 11.9. The number of carbonyl (C=O) groups is 2. The molecule has 5 heteroatoms. The summed E-state index contributed by atoms with van der Waals surface area (Å²) in [6.45, 7) is 3.82. The van der Waals surface area contributed by atoms with Gasteiger partial charge >= 0.3 is 5.97 Å². The van der Waals surface area contributed by atoms with Gasteiger partial charge in [-0.05, 0) is 12.1 Å². The zero-order chi connectivity index (χ0) is 13.8. The number of carboxylic acid groups (broad SMARTS) is 1. The molecule has 0 aliphatic rings. The summed E-state index contributed by atoms with van der Waals surface area (Å²) in [5.74, 6) is -1.59. The number of carbonyl (C=O) groups excluding carboxylic acids is 1. The molecule has 0 unspecified atom stereocenters. The number of amides is 1. The van der Waals surface area contributed by atoms with Crippen LogP contribution in [0.1, 0.15) is 34.6 Å². The van der Waals surface area contributed by atoms with Crippen LogP contribution in [0.5, 0.6) is 0 Å². The molecule has 0 saturated heterocycles. The fraction of sp³-hybridized carbons (Fsp3) is 0.385. The van der Waals surface area contributed by atoms with Gasteiger partial charge in [-0.3, -0.25) is 4.79 Å². The van der Waals surface area contributed by atoms with E-state index in [0.717, 1.165) is 0 Å². The van der Waals surface area contributed by atoms with Crippen LogP contribution >= 0.6 is 0 Å². The topological polar surface area (TPSA) is 86.6 Å². The SMILES string of the molecule is CC(C)(CO)CNC(=O)c1ccccc1C(=O)O. The maximum absolute atomic E-state index is 11.9. The van der Waals surface area contributed by atoms with Gasteiger partial charge in [-0.15, -0.1) is 0 Å². The highest BCUT2D eigenvalue weighted by Gasteiger charge is 2.20. The van der Waals surface area contributed by atoms with Crippen molar-refractivity contribution in [1.29, 1.82) is 0 Å². The molecule has 0 aliphatic carbocycles. The second kappa shape index (κ2) is 5.64. The van der Waals surface area contributed by atoms with Crippen molar-refractivity contribution in [2.24, 2.45) is 5.41 Å². The summed E-state index contributed by atoms with van der Waals surface area (Å²) < 4.78 is 0. The van der Waals surface area contributed by atoms with Gasteiger partial charge in [-0.1, -0.05) is 26.0 Å². The second-order valence-corrected chi connectivity index (χ2v) is 4.86. The Morgan fingerprint density at radius 2 is 1.78 bits per heavy atom. The van der Waals surface area contributed by atoms with E-state index in [4.69, 9.17) is 10.2 Å². The lowest BCUT2D eigenvalue weighted by molar-refractivity contribution is 0.0690. The number of aromatic carboxylic acids is 1. The summed E-state index contributed by atoms with van der Waals surface area (Å²) >= 11 is 0. The van der Waals surface area contributed by atoms with Gasteiger partial charge in [-0.25, -0.2) is 4.79 Å². The number of nitrogens with one attached hydrogen (secondary N) is 1. The van der Waals surface area contributed by atoms with Crippen molar-refractivity contribution >= 4 is 11.9 Å². The van der Waals surface area contributed by atoms with Gasteiger partial charge in [0.25, 0.3) is 5.91 Å². The zero-order valence-corrected chi connectivity index (χ0v) is 10.4. The number of aliphatic hydroxyl groups is 1. The third kappa shape index (κ3) is 3.56. The monoisotopic (exact) mass is 251 g/mol. The Hall–Kier alpha value is -1.88. The Bertz CT molecular complexity index is 454. The van der Waals surface area contributed by atoms with Gasteiger partial charge in [0.05, 0.1) is 11.1 Å². The molecule has 0 radical (unpaired) electrons. The minimum absolute atomic E-state index is 0.0307. The van der Waals surface area contributed by atoms with E-state index in [0.29, 0.717) is 0 Å². The van der Waals surface area contributed by atoms with E-state index in [1.54, 1.807) is 26.0 Å². The maximum Gasteiger partial charge on any atom is 0.336 e. The van der Waals surface area contributed by atoms with Crippen LogP contribution in [0.4, 0.5) is 0 Å². The number of rotatable bonds is 5. The van der Waals surface area contributed by atoms with Crippen molar-refractivity contribution in [3.05, 3.63) is 35.4 Å². The first-order valence-corrected chi connectivity index (χ1v) is 5.59. The van der Waals surface area contributed by atoms with Crippen LogP contribution < -0.4 is 5.32 Å². The quantitative estimate of drug-likeness (QED) is 0.732. The van der Waals surface area contributed by atoms with Crippen molar-refractivity contribution < 1.29 is 19.8 Å². The smallest absolute Gasteiger partial charge is 0.336 e. The molecule has 1 aromatic rings. The van der Waals surface area contributed by atoms with Crippen molar-refractivity contribution in [2.75, 3.05) is 13.2 Å². The Balaban J connectivity index is 2.82. The highest BCUT2D eigenvalue weighted by molar-refractivity contribution is 6.04. The average Bonchev–Trinajstić information content (AvgIpc) is 2.36. The molecule has 0 saturated carbocycles. The molecule has 0 aliphatic heterocycles. The van der Waals surface area contributed by atoms with E-state index in [9.17, 15) is 9.59 Å². The molecule has 1 rings (SSSR count). The number of carboxylic acids is 1. The van der Waals surface area contributed by atoms with Crippen LogP contribution in [0.2, 0.25) is 0 Å². The second-order valence-electron chi connectivity index (χ2n) is 4.86. The molecule has 0 atom stereocenters. The fourth-order valence-electron chi connectivity index (χ4n) is 1.34. The summed E-state index contributed by atoms with van der Waals surface area (Å²) in [5.41, 5.74) is -0.344. The molecule has 0 aromatic heterocycles. The Labute approximate surface area is 105 Å². The largest absolute Gasteiger partial charge is 0.478 e. The summed E-state index contributed by atoms with van der Waals surface area (Å²) in [6.07, 6.45) is 0. The first-order chi connectivity index (χ1) is 8.37. The van der Waals surface area contributed by atoms with Gasteiger partial charge in [0.2, 0.25) is 0 Å². The highest BCUT2D eigenvalue weighted by atomic mass is 16.4. The zero-order valence-electron chi connectivity index (χ0n) is 10.4. The third-order valence-electron chi connectivity index (χ3n) is 2.56. The van der Waals surface area contributed by atoms with Gasteiger partial charge in [0.15, 0.2) is 0 Å². The molecular formula is C13H17NO4. The number of hydrogen-bond donors (Lipinski definition) is 3. The van der Waals surface area contributed by atoms with Crippen molar-refractivity contribution in [3.63, 3.8) is 0 Å². The van der Waals surface area contributed by atoms with Crippen molar-refractivity contribution in [3.8, 4) is 0 Å². The number of aliphatic hydroxyl groups excluding tert-OH is 1. The molecule has 0 fully saturated rings. The van der Waals surface area contributed by atoms with Crippen LogP contribution in [-0.2, 0) is 0 Å². The van der Waals surface area contributed by atoms with Crippen LogP contribution in [0.3, 0.4) is 0 Å². The standard InChI is InChI=1S/C13H17NO4/c1-13(2,8-15)7-14-11(16)9-5-3-4-6-10(9)12(17)18/h3-6,15H,7-8H2,1-2H3,(H,14,16)(H,17,18). The van der Waals surface area contributed by atoms with Crippen LogP contribution in [0, 0.1) is 5.41 Å². The molecule has 0 bridgehead atoms. The van der Waals surface area contributed by atoms with Crippen LogP contribution in [-0.4, -0.2) is 35.2 Å². The molecule has 98 valence electrons. The van der Waals surface area contributed by atoms with Crippen molar-refractivity contribution in [2.45, 2.75) is 13.8 Å². The van der Waals surface area contributed by atoms with E-state index < -0.39 is 17.3 Å². The van der Waals surface area contributed by atoms with Crippen LogP contribution in [0.25, 0.3) is 0 Å². The number of hydrogen-bond acceptors (Lipinski definition) is 3. The van der Waals surface area contributed by atoms with Gasteiger partial charge in [-0.2, -0.15) is 0 Å². The lowest BCUT2D eigenvalue weighted by Crippen LogP contribution is -2.36. The normalized spacial score (nSPS) is 11.1. The molecule has 5 nitrogen and oxygen atoms in total. The summed E-state index contributed by atoms with van der Waals surface area (Å²) in [4.78, 5) is 22.8. The molecule has 1 aromatic carbocycles. The minimum Gasteiger partial charge on any atom is -0.478 e. The van der Waals surface area contributed by atoms with Crippen LogP contribution in [0.15, 0.2) is 24.3 Å². The van der Waals surface area contributed by atoms with E-state index in [2.05, 4.69) is 5.32 Å². The summed E-state index contributed by atoms with van der Waals surface area (Å²) in [5, 5.41) is 20.7. The van der Waals surface area contributed by atoms with Gasteiger partial charge in [0.1, 0.15) is 0 Å². The first kappa shape index (κ1) is 14.2. The Morgan fingerprint density at radius 1 is 1.22 bits per heavy atom. The average molecular weight is 251 g/mol. The predicted octanol–water partition coefficient (Wildman–Crippen LogP) is 1.13. The van der Waals surface area contributed by atoms with E-state index >= 15 is 0 Å². The third-order valence-corrected chi connectivity index (χ3v) is 2.56. The Morgan fingerprint density at radius 3 is 2.28 bits per heavy atom. The summed E-state index contributed by atoms with van der Waals surface area (Å²) in [7, 11) is 0. The van der Waals surface area contributed by atoms with E-state index in [1.807, 2.05) is 0 Å². The summed E-state index contributed by atoms with van der Waals surface area (Å²) in [6, 6.07) is 6.02. The molecule has 0 spiro atoms. The number of benzene rings is 1. The Kier molecular flexibility index (Phi) is 4.44. The molecule has 1 amide bonds. The fourth-order valence-corrected chi connectivity index (χ4v) is 1.34. The van der Waals surface area contributed by atoms with E-state index in [-0.39, 0.29) is 24.3 Å². The highest BCUT2D eigenvalue weighted by Crippen LogP contribution is 2.13. The van der Waals surface area contributed by atoms with Crippen molar-refractivity contribution in [1.82, 2.24) is 5.32 Å².